The van der Waals surface area contributed by atoms with E-state index in [-0.39, 0.29) is 10.8 Å². The van der Waals surface area contributed by atoms with Crippen molar-refractivity contribution in [1.29, 1.82) is 5.26 Å². The van der Waals surface area contributed by atoms with Gasteiger partial charge in [0.15, 0.2) is 0 Å². The molecule has 0 aliphatic heterocycles. The topological polar surface area (TPSA) is 68.0 Å². The zero-order valence-electron chi connectivity index (χ0n) is 31.5. The first-order valence-electron chi connectivity index (χ1n) is 18.1. The second kappa shape index (κ2) is 18.2. The summed E-state index contributed by atoms with van der Waals surface area (Å²) in [6.45, 7) is 14.5. The average Bonchev–Trinajstić information content (AvgIpc) is 3.20. The Hall–Kier alpha value is -5.00. The van der Waals surface area contributed by atoms with Crippen molar-refractivity contribution in [3.63, 3.8) is 0 Å². The highest BCUT2D eigenvalue weighted by Crippen LogP contribution is 2.41. The third-order valence-electron chi connectivity index (χ3n) is 10.5. The zero-order valence-corrected chi connectivity index (χ0v) is 33.6. The molecule has 0 radical (unpaired) electrons. The standard InChI is InChI=1S/C24H24N2O.C23H24INO/c1-18(2)24(3,20-9-7-19(16-25)8-10-20)21-11-13-23(14-12-21)27-17-22-6-4-5-15-26-22;1-17(2)23(3,18-7-11-20(24)12-8-18)19-9-13-22(14-10-19)26-16-21-6-4-5-15-25-21/h4-15,18H,17H2,1-3H3;4-15,17H,16H2,1-3H3. The minimum absolute atomic E-state index is 0.0378. The Kier molecular flexibility index (Phi) is 13.4. The van der Waals surface area contributed by atoms with Crippen LogP contribution in [0.4, 0.5) is 0 Å². The van der Waals surface area contributed by atoms with Gasteiger partial charge >= 0.3 is 0 Å². The van der Waals surface area contributed by atoms with Crippen LogP contribution in [-0.4, -0.2) is 9.97 Å². The summed E-state index contributed by atoms with van der Waals surface area (Å²) in [6.07, 6.45) is 3.56. The van der Waals surface area contributed by atoms with Crippen molar-refractivity contribution in [1.82, 2.24) is 9.97 Å². The Morgan fingerprint density at radius 2 is 0.906 bits per heavy atom. The summed E-state index contributed by atoms with van der Waals surface area (Å²) in [7, 11) is 0. The summed E-state index contributed by atoms with van der Waals surface area (Å²) in [4.78, 5) is 8.57. The van der Waals surface area contributed by atoms with E-state index in [1.807, 2.05) is 60.7 Å². The van der Waals surface area contributed by atoms with Gasteiger partial charge < -0.3 is 9.47 Å². The van der Waals surface area contributed by atoms with E-state index < -0.39 is 0 Å². The summed E-state index contributed by atoms with van der Waals surface area (Å²) in [5, 5.41) is 9.05. The first-order valence-corrected chi connectivity index (χ1v) is 19.1. The molecule has 0 aliphatic rings. The predicted octanol–water partition coefficient (Wildman–Crippen LogP) is 11.7. The maximum atomic E-state index is 9.05. The van der Waals surface area contributed by atoms with Gasteiger partial charge in [0.25, 0.3) is 0 Å². The summed E-state index contributed by atoms with van der Waals surface area (Å²) >= 11 is 2.35. The highest BCUT2D eigenvalue weighted by molar-refractivity contribution is 14.1. The lowest BCUT2D eigenvalue weighted by Crippen LogP contribution is -2.30. The van der Waals surface area contributed by atoms with E-state index in [9.17, 15) is 0 Å². The fourth-order valence-corrected chi connectivity index (χ4v) is 6.79. The molecule has 2 aromatic heterocycles. The Labute approximate surface area is 329 Å². The molecule has 270 valence electrons. The molecule has 0 fully saturated rings. The van der Waals surface area contributed by atoms with Gasteiger partial charge in [-0.25, -0.2) is 0 Å². The fraction of sp³-hybridized carbons (Fsp3) is 0.255. The Bertz CT molecular complexity index is 2040. The Morgan fingerprint density at radius 1 is 0.547 bits per heavy atom. The third-order valence-corrected chi connectivity index (χ3v) is 11.2. The molecule has 53 heavy (non-hydrogen) atoms. The van der Waals surface area contributed by atoms with Gasteiger partial charge in [0.1, 0.15) is 24.7 Å². The number of ether oxygens (including phenoxy) is 2. The van der Waals surface area contributed by atoms with Crippen molar-refractivity contribution < 1.29 is 9.47 Å². The van der Waals surface area contributed by atoms with E-state index in [1.165, 1.54) is 25.8 Å². The molecule has 0 N–H and O–H groups in total. The molecule has 2 unspecified atom stereocenters. The van der Waals surface area contributed by atoms with Crippen LogP contribution < -0.4 is 9.47 Å². The molecule has 2 heterocycles. The van der Waals surface area contributed by atoms with E-state index in [4.69, 9.17) is 14.7 Å². The quantitative estimate of drug-likeness (QED) is 0.115. The van der Waals surface area contributed by atoms with E-state index in [1.54, 1.807) is 12.4 Å². The van der Waals surface area contributed by atoms with Gasteiger partial charge in [-0.05, 0) is 129 Å². The fourth-order valence-electron chi connectivity index (χ4n) is 6.43. The molecule has 0 bridgehead atoms. The second-order valence-corrected chi connectivity index (χ2v) is 15.4. The largest absolute Gasteiger partial charge is 0.487 e. The minimum atomic E-state index is -0.145. The highest BCUT2D eigenvalue weighted by atomic mass is 127. The number of rotatable bonds is 12. The molecular formula is C47H48IN3O2. The summed E-state index contributed by atoms with van der Waals surface area (Å²) in [5.74, 6) is 2.57. The van der Waals surface area contributed by atoms with E-state index >= 15 is 0 Å². The molecule has 0 saturated carbocycles. The molecule has 6 heteroatoms. The van der Waals surface area contributed by atoms with Crippen LogP contribution in [0.2, 0.25) is 0 Å². The summed E-state index contributed by atoms with van der Waals surface area (Å²) in [6, 6.07) is 47.4. The van der Waals surface area contributed by atoms with Crippen molar-refractivity contribution in [2.75, 3.05) is 0 Å². The molecular weight excluding hydrogens is 765 g/mol. The number of aromatic nitrogens is 2. The SMILES string of the molecule is CC(C)C(C)(c1ccc(C#N)cc1)c1ccc(OCc2ccccn2)cc1.CC(C)C(C)(c1ccc(I)cc1)c1ccc(OCc2ccccn2)cc1. The number of hydrogen-bond donors (Lipinski definition) is 0. The van der Waals surface area contributed by atoms with Gasteiger partial charge in [0.05, 0.1) is 23.0 Å². The number of benzene rings is 4. The number of hydrogen-bond acceptors (Lipinski definition) is 5. The molecule has 4 aromatic carbocycles. The first-order chi connectivity index (χ1) is 25.5. The first kappa shape index (κ1) is 39.2. The van der Waals surface area contributed by atoms with E-state index in [2.05, 4.69) is 153 Å². The van der Waals surface area contributed by atoms with Gasteiger partial charge in [-0.3, -0.25) is 9.97 Å². The van der Waals surface area contributed by atoms with Crippen LogP contribution in [0, 0.1) is 26.7 Å². The molecule has 5 nitrogen and oxygen atoms in total. The second-order valence-electron chi connectivity index (χ2n) is 14.2. The van der Waals surface area contributed by atoms with Crippen molar-refractivity contribution in [3.05, 3.63) is 189 Å². The monoisotopic (exact) mass is 813 g/mol. The average molecular weight is 814 g/mol. The van der Waals surface area contributed by atoms with Gasteiger partial charge in [0, 0.05) is 26.8 Å². The molecule has 0 spiro atoms. The predicted molar refractivity (Wildman–Crippen MR) is 223 cm³/mol. The highest BCUT2D eigenvalue weighted by Gasteiger charge is 2.33. The maximum Gasteiger partial charge on any atom is 0.130 e. The number of nitriles is 1. The van der Waals surface area contributed by atoms with Gasteiger partial charge in [-0.1, -0.05) is 102 Å². The lowest BCUT2D eigenvalue weighted by atomic mass is 9.68. The molecule has 6 rings (SSSR count). The lowest BCUT2D eigenvalue weighted by Gasteiger charge is -2.35. The van der Waals surface area contributed by atoms with Crippen LogP contribution in [0.5, 0.6) is 11.5 Å². The van der Waals surface area contributed by atoms with Crippen LogP contribution in [0.25, 0.3) is 0 Å². The molecule has 0 aliphatic carbocycles. The van der Waals surface area contributed by atoms with Crippen molar-refractivity contribution >= 4 is 22.6 Å². The molecule has 0 amide bonds. The number of pyridine rings is 2. The van der Waals surface area contributed by atoms with Gasteiger partial charge in [-0.15, -0.1) is 0 Å². The summed E-state index contributed by atoms with van der Waals surface area (Å²) < 4.78 is 13.0. The normalized spacial score (nSPS) is 13.2. The van der Waals surface area contributed by atoms with E-state index in [0.29, 0.717) is 30.6 Å². The molecule has 0 saturated heterocycles. The maximum absolute atomic E-state index is 9.05. The molecule has 6 aromatic rings. The Morgan fingerprint density at radius 3 is 1.23 bits per heavy atom. The molecule has 2 atom stereocenters. The number of halogens is 1. The smallest absolute Gasteiger partial charge is 0.130 e. The van der Waals surface area contributed by atoms with Crippen LogP contribution in [-0.2, 0) is 24.0 Å². The Balaban J connectivity index is 0.000000204. The van der Waals surface area contributed by atoms with Crippen LogP contribution in [0.3, 0.4) is 0 Å². The van der Waals surface area contributed by atoms with Crippen LogP contribution >= 0.6 is 22.6 Å². The third kappa shape index (κ3) is 9.71. The number of nitrogens with zero attached hydrogens (tertiary/aromatic N) is 3. The van der Waals surface area contributed by atoms with Gasteiger partial charge in [-0.2, -0.15) is 5.26 Å². The van der Waals surface area contributed by atoms with Gasteiger partial charge in [0.2, 0.25) is 0 Å². The van der Waals surface area contributed by atoms with Crippen molar-refractivity contribution in [2.24, 2.45) is 11.8 Å². The lowest BCUT2D eigenvalue weighted by molar-refractivity contribution is 0.301. The van der Waals surface area contributed by atoms with E-state index in [0.717, 1.165) is 22.9 Å². The van der Waals surface area contributed by atoms with Crippen molar-refractivity contribution in [3.8, 4) is 17.6 Å². The minimum Gasteiger partial charge on any atom is -0.487 e. The van der Waals surface area contributed by atoms with Crippen LogP contribution in [0.15, 0.2) is 146 Å². The van der Waals surface area contributed by atoms with Crippen LogP contribution in [0.1, 0.15) is 80.7 Å². The zero-order chi connectivity index (χ0) is 37.8. The van der Waals surface area contributed by atoms with Crippen molar-refractivity contribution in [2.45, 2.75) is 65.6 Å². The summed E-state index contributed by atoms with van der Waals surface area (Å²) in [5.41, 5.74) is 7.42.